The highest BCUT2D eigenvalue weighted by molar-refractivity contribution is 7.80. The van der Waals surface area contributed by atoms with E-state index in [1.807, 2.05) is 0 Å². The highest BCUT2D eigenvalue weighted by Crippen LogP contribution is 2.09. The summed E-state index contributed by atoms with van der Waals surface area (Å²) in [6.07, 6.45) is 4.66. The van der Waals surface area contributed by atoms with Crippen LogP contribution in [0.4, 0.5) is 0 Å². The molecular weight excluding hydrogens is 170 g/mol. The van der Waals surface area contributed by atoms with Gasteiger partial charge in [-0.2, -0.15) is 12.6 Å². The van der Waals surface area contributed by atoms with E-state index in [0.717, 1.165) is 31.8 Å². The van der Waals surface area contributed by atoms with Gasteiger partial charge in [-0.1, -0.05) is 6.42 Å². The summed E-state index contributed by atoms with van der Waals surface area (Å²) < 4.78 is 0. The van der Waals surface area contributed by atoms with Gasteiger partial charge in [-0.05, 0) is 31.6 Å². The average Bonchev–Trinajstić information content (AvgIpc) is 2.45. The van der Waals surface area contributed by atoms with Crippen molar-refractivity contribution in [3.63, 3.8) is 0 Å². The van der Waals surface area contributed by atoms with Gasteiger partial charge in [0.05, 0.1) is 6.10 Å². The van der Waals surface area contributed by atoms with Crippen molar-refractivity contribution < 1.29 is 5.11 Å². The molecule has 1 unspecified atom stereocenters. The van der Waals surface area contributed by atoms with E-state index in [2.05, 4.69) is 17.5 Å². The lowest BCUT2D eigenvalue weighted by molar-refractivity contribution is 0.176. The fraction of sp³-hybridized carbons (Fsp3) is 1.00. The maximum absolute atomic E-state index is 9.25. The number of hydrogen-bond donors (Lipinski definition) is 2. The quantitative estimate of drug-likeness (QED) is 0.501. The van der Waals surface area contributed by atoms with Gasteiger partial charge in [0.1, 0.15) is 0 Å². The predicted octanol–water partition coefficient (Wildman–Crippen LogP) is 1.15. The maximum Gasteiger partial charge on any atom is 0.0679 e. The Balaban J connectivity index is 1.93. The minimum atomic E-state index is -0.0603. The highest BCUT2D eigenvalue weighted by atomic mass is 32.1. The summed E-state index contributed by atoms with van der Waals surface area (Å²) in [4.78, 5) is 2.35. The minimum absolute atomic E-state index is 0.0603. The molecule has 1 aliphatic heterocycles. The molecule has 1 aliphatic rings. The monoisotopic (exact) mass is 189 g/mol. The standard InChI is InChI=1S/C9H19NOS/c11-9-4-6-10(8-9)5-2-1-3-7-12/h9,11-12H,1-8H2. The summed E-state index contributed by atoms with van der Waals surface area (Å²) in [5.41, 5.74) is 0. The van der Waals surface area contributed by atoms with Crippen LogP contribution in [-0.2, 0) is 0 Å². The van der Waals surface area contributed by atoms with Crippen molar-refractivity contribution in [3.05, 3.63) is 0 Å². The van der Waals surface area contributed by atoms with E-state index in [-0.39, 0.29) is 6.10 Å². The van der Waals surface area contributed by atoms with Crippen LogP contribution in [0.1, 0.15) is 25.7 Å². The van der Waals surface area contributed by atoms with Gasteiger partial charge in [0.25, 0.3) is 0 Å². The molecule has 0 spiro atoms. The Labute approximate surface area is 80.4 Å². The van der Waals surface area contributed by atoms with Gasteiger partial charge in [0.15, 0.2) is 0 Å². The Morgan fingerprint density at radius 3 is 2.75 bits per heavy atom. The van der Waals surface area contributed by atoms with Crippen LogP contribution in [0.5, 0.6) is 0 Å². The van der Waals surface area contributed by atoms with Crippen LogP contribution in [0.2, 0.25) is 0 Å². The van der Waals surface area contributed by atoms with Crippen LogP contribution in [0.15, 0.2) is 0 Å². The Morgan fingerprint density at radius 2 is 2.17 bits per heavy atom. The van der Waals surface area contributed by atoms with E-state index in [0.29, 0.717) is 0 Å². The van der Waals surface area contributed by atoms with Crippen molar-refractivity contribution in [1.29, 1.82) is 0 Å². The largest absolute Gasteiger partial charge is 0.392 e. The van der Waals surface area contributed by atoms with E-state index in [9.17, 15) is 5.11 Å². The molecule has 0 bridgehead atoms. The fourth-order valence-corrected chi connectivity index (χ4v) is 1.86. The molecule has 1 rings (SSSR count). The third-order valence-electron chi connectivity index (χ3n) is 2.38. The highest BCUT2D eigenvalue weighted by Gasteiger charge is 2.18. The molecule has 0 radical (unpaired) electrons. The predicted molar refractivity (Wildman–Crippen MR) is 54.8 cm³/mol. The van der Waals surface area contributed by atoms with Crippen molar-refractivity contribution in [2.24, 2.45) is 0 Å². The lowest BCUT2D eigenvalue weighted by Crippen LogP contribution is -2.23. The zero-order valence-corrected chi connectivity index (χ0v) is 8.47. The van der Waals surface area contributed by atoms with Crippen LogP contribution in [0.25, 0.3) is 0 Å². The first-order chi connectivity index (χ1) is 5.83. The van der Waals surface area contributed by atoms with E-state index >= 15 is 0 Å². The topological polar surface area (TPSA) is 23.5 Å². The van der Waals surface area contributed by atoms with Crippen molar-refractivity contribution in [1.82, 2.24) is 4.90 Å². The first kappa shape index (κ1) is 10.4. The van der Waals surface area contributed by atoms with Crippen LogP contribution in [0.3, 0.4) is 0 Å². The second kappa shape index (κ2) is 5.84. The number of likely N-dealkylation sites (tertiary alicyclic amines) is 1. The summed E-state index contributed by atoms with van der Waals surface area (Å²) in [5, 5.41) is 9.25. The maximum atomic E-state index is 9.25. The van der Waals surface area contributed by atoms with Gasteiger partial charge < -0.3 is 10.0 Å². The molecule has 0 saturated carbocycles. The summed E-state index contributed by atoms with van der Waals surface area (Å²) >= 11 is 4.16. The molecule has 0 aliphatic carbocycles. The first-order valence-corrected chi connectivity index (χ1v) is 5.47. The van der Waals surface area contributed by atoms with Crippen molar-refractivity contribution >= 4 is 12.6 Å². The molecule has 0 aromatic rings. The number of aliphatic hydroxyl groups is 1. The molecule has 1 N–H and O–H groups in total. The lowest BCUT2D eigenvalue weighted by atomic mass is 10.2. The average molecular weight is 189 g/mol. The second-order valence-electron chi connectivity index (χ2n) is 3.53. The molecule has 72 valence electrons. The Morgan fingerprint density at radius 1 is 1.33 bits per heavy atom. The third-order valence-corrected chi connectivity index (χ3v) is 2.70. The Kier molecular flexibility index (Phi) is 5.04. The summed E-state index contributed by atoms with van der Waals surface area (Å²) in [6.45, 7) is 3.13. The van der Waals surface area contributed by atoms with Gasteiger partial charge in [0, 0.05) is 13.1 Å². The van der Waals surface area contributed by atoms with Crippen LogP contribution >= 0.6 is 12.6 Å². The molecule has 0 aromatic carbocycles. The molecule has 0 aromatic heterocycles. The van der Waals surface area contributed by atoms with Crippen molar-refractivity contribution in [2.45, 2.75) is 31.8 Å². The second-order valence-corrected chi connectivity index (χ2v) is 3.97. The molecule has 1 fully saturated rings. The van der Waals surface area contributed by atoms with E-state index in [4.69, 9.17) is 0 Å². The van der Waals surface area contributed by atoms with Crippen LogP contribution in [-0.4, -0.2) is 41.5 Å². The fourth-order valence-electron chi connectivity index (χ4n) is 1.64. The van der Waals surface area contributed by atoms with E-state index in [1.54, 1.807) is 0 Å². The van der Waals surface area contributed by atoms with Gasteiger partial charge in [0.2, 0.25) is 0 Å². The number of aliphatic hydroxyl groups excluding tert-OH is 1. The Bertz CT molecular complexity index is 121. The number of unbranched alkanes of at least 4 members (excludes halogenated alkanes) is 2. The van der Waals surface area contributed by atoms with Gasteiger partial charge >= 0.3 is 0 Å². The Hall–Kier alpha value is 0.270. The number of β-amino-alcohol motifs (C(OH)–C–C–N with tert-alkyl or cyclic N) is 1. The summed E-state index contributed by atoms with van der Waals surface area (Å²) in [5.74, 6) is 1.00. The molecule has 1 saturated heterocycles. The zero-order chi connectivity index (χ0) is 8.81. The number of thiol groups is 1. The number of rotatable bonds is 5. The molecule has 2 nitrogen and oxygen atoms in total. The molecular formula is C9H19NOS. The number of nitrogens with zero attached hydrogens (tertiary/aromatic N) is 1. The molecule has 3 heteroatoms. The normalized spacial score (nSPS) is 25.0. The van der Waals surface area contributed by atoms with E-state index < -0.39 is 0 Å². The molecule has 1 atom stereocenters. The molecule has 1 heterocycles. The van der Waals surface area contributed by atoms with Gasteiger partial charge in [-0.25, -0.2) is 0 Å². The van der Waals surface area contributed by atoms with Crippen molar-refractivity contribution in [3.8, 4) is 0 Å². The first-order valence-electron chi connectivity index (χ1n) is 4.84. The smallest absolute Gasteiger partial charge is 0.0679 e. The zero-order valence-electron chi connectivity index (χ0n) is 7.58. The van der Waals surface area contributed by atoms with E-state index in [1.165, 1.54) is 19.3 Å². The van der Waals surface area contributed by atoms with Gasteiger partial charge in [-0.15, -0.1) is 0 Å². The third kappa shape index (κ3) is 3.78. The van der Waals surface area contributed by atoms with Gasteiger partial charge in [-0.3, -0.25) is 0 Å². The minimum Gasteiger partial charge on any atom is -0.392 e. The SMILES string of the molecule is OC1CCN(CCCCCS)C1. The summed E-state index contributed by atoms with van der Waals surface area (Å²) in [6, 6.07) is 0. The number of hydrogen-bond acceptors (Lipinski definition) is 3. The molecule has 0 amide bonds. The van der Waals surface area contributed by atoms with Crippen LogP contribution in [0, 0.1) is 0 Å². The lowest BCUT2D eigenvalue weighted by Gasteiger charge is -2.13. The summed E-state index contributed by atoms with van der Waals surface area (Å²) in [7, 11) is 0. The van der Waals surface area contributed by atoms with Crippen molar-refractivity contribution in [2.75, 3.05) is 25.4 Å². The van der Waals surface area contributed by atoms with Crippen LogP contribution < -0.4 is 0 Å². The molecule has 12 heavy (non-hydrogen) atoms.